The highest BCUT2D eigenvalue weighted by Gasteiger charge is 2.09. The minimum absolute atomic E-state index is 0.475. The van der Waals surface area contributed by atoms with Crippen LogP contribution in [0.25, 0.3) is 11.5 Å². The van der Waals surface area contributed by atoms with Crippen LogP contribution in [0.15, 0.2) is 52.2 Å². The van der Waals surface area contributed by atoms with Crippen LogP contribution in [0, 0.1) is 0 Å². The van der Waals surface area contributed by atoms with E-state index in [4.69, 9.17) is 27.6 Å². The molecular formula is C14H9Cl2N3OS. The highest BCUT2D eigenvalue weighted by atomic mass is 35.5. The molecule has 0 spiro atoms. The highest BCUT2D eigenvalue weighted by molar-refractivity contribution is 7.98. The van der Waals surface area contributed by atoms with Crippen LogP contribution < -0.4 is 0 Å². The average Bonchev–Trinajstić information content (AvgIpc) is 2.96. The molecule has 7 heteroatoms. The Morgan fingerprint density at radius 3 is 2.52 bits per heavy atom. The number of halogens is 2. The number of aromatic nitrogens is 3. The second kappa shape index (κ2) is 6.47. The summed E-state index contributed by atoms with van der Waals surface area (Å²) in [7, 11) is 0. The SMILES string of the molecule is Clc1ccc(-c2nnc(SCc3ccc(Cl)nc3)o2)cc1. The first-order valence-corrected chi connectivity index (χ1v) is 7.77. The maximum Gasteiger partial charge on any atom is 0.277 e. The number of pyridine rings is 1. The van der Waals surface area contributed by atoms with Crippen LogP contribution in [0.2, 0.25) is 10.2 Å². The molecule has 3 rings (SSSR count). The third kappa shape index (κ3) is 3.75. The Balaban J connectivity index is 1.67. The van der Waals surface area contributed by atoms with Gasteiger partial charge in [0.2, 0.25) is 5.89 Å². The van der Waals surface area contributed by atoms with E-state index in [2.05, 4.69) is 15.2 Å². The van der Waals surface area contributed by atoms with Crippen molar-refractivity contribution in [1.82, 2.24) is 15.2 Å². The lowest BCUT2D eigenvalue weighted by atomic mass is 10.2. The summed E-state index contributed by atoms with van der Waals surface area (Å²) < 4.78 is 5.61. The molecule has 0 saturated heterocycles. The Morgan fingerprint density at radius 2 is 1.81 bits per heavy atom. The molecule has 0 amide bonds. The van der Waals surface area contributed by atoms with Crippen LogP contribution in [-0.2, 0) is 5.75 Å². The highest BCUT2D eigenvalue weighted by Crippen LogP contribution is 2.26. The van der Waals surface area contributed by atoms with E-state index in [1.807, 2.05) is 18.2 Å². The van der Waals surface area contributed by atoms with Crippen LogP contribution in [0.4, 0.5) is 0 Å². The molecule has 2 aromatic heterocycles. The number of hydrogen-bond donors (Lipinski definition) is 0. The molecule has 21 heavy (non-hydrogen) atoms. The van der Waals surface area contributed by atoms with Gasteiger partial charge >= 0.3 is 0 Å². The van der Waals surface area contributed by atoms with Gasteiger partial charge in [-0.3, -0.25) is 0 Å². The van der Waals surface area contributed by atoms with Gasteiger partial charge in [0, 0.05) is 22.5 Å². The fraction of sp³-hybridized carbons (Fsp3) is 0.0714. The molecule has 0 atom stereocenters. The summed E-state index contributed by atoms with van der Waals surface area (Å²) in [5.41, 5.74) is 1.88. The Labute approximate surface area is 135 Å². The van der Waals surface area contributed by atoms with Gasteiger partial charge in [0.15, 0.2) is 0 Å². The van der Waals surface area contributed by atoms with Crippen molar-refractivity contribution in [3.05, 3.63) is 58.3 Å². The van der Waals surface area contributed by atoms with Gasteiger partial charge in [-0.1, -0.05) is 41.0 Å². The normalized spacial score (nSPS) is 10.8. The van der Waals surface area contributed by atoms with E-state index in [0.717, 1.165) is 11.1 Å². The first-order valence-electron chi connectivity index (χ1n) is 6.03. The molecule has 0 fully saturated rings. The Kier molecular flexibility index (Phi) is 4.43. The number of hydrogen-bond acceptors (Lipinski definition) is 5. The van der Waals surface area contributed by atoms with E-state index in [0.29, 0.717) is 27.0 Å². The van der Waals surface area contributed by atoms with Crippen molar-refractivity contribution in [1.29, 1.82) is 0 Å². The Hall–Kier alpha value is -1.56. The molecule has 0 N–H and O–H groups in total. The molecule has 0 bridgehead atoms. The Morgan fingerprint density at radius 1 is 1.00 bits per heavy atom. The number of nitrogens with zero attached hydrogens (tertiary/aromatic N) is 3. The summed E-state index contributed by atoms with van der Waals surface area (Å²) in [5, 5.41) is 9.70. The summed E-state index contributed by atoms with van der Waals surface area (Å²) in [5.74, 6) is 1.16. The topological polar surface area (TPSA) is 51.8 Å². The lowest BCUT2D eigenvalue weighted by Crippen LogP contribution is -1.83. The zero-order valence-corrected chi connectivity index (χ0v) is 13.0. The zero-order valence-electron chi connectivity index (χ0n) is 10.7. The van der Waals surface area contributed by atoms with Gasteiger partial charge in [-0.15, -0.1) is 10.2 Å². The molecule has 0 radical (unpaired) electrons. The minimum Gasteiger partial charge on any atom is -0.411 e. The number of thioether (sulfide) groups is 1. The predicted molar refractivity (Wildman–Crippen MR) is 83.6 cm³/mol. The van der Waals surface area contributed by atoms with Crippen molar-refractivity contribution in [2.24, 2.45) is 0 Å². The summed E-state index contributed by atoms with van der Waals surface area (Å²) in [6, 6.07) is 10.9. The first-order chi connectivity index (χ1) is 10.2. The largest absolute Gasteiger partial charge is 0.411 e. The van der Waals surface area contributed by atoms with Crippen molar-refractivity contribution < 1.29 is 4.42 Å². The maximum absolute atomic E-state index is 5.85. The van der Waals surface area contributed by atoms with Gasteiger partial charge in [-0.2, -0.15) is 0 Å². The van der Waals surface area contributed by atoms with Crippen molar-refractivity contribution in [3.8, 4) is 11.5 Å². The molecule has 106 valence electrons. The van der Waals surface area contributed by atoms with Crippen LogP contribution in [-0.4, -0.2) is 15.2 Å². The number of rotatable bonds is 4. The van der Waals surface area contributed by atoms with Gasteiger partial charge in [-0.05, 0) is 35.9 Å². The van der Waals surface area contributed by atoms with E-state index in [9.17, 15) is 0 Å². The summed E-state index contributed by atoms with van der Waals surface area (Å²) in [6.45, 7) is 0. The molecule has 0 aliphatic rings. The quantitative estimate of drug-likeness (QED) is 0.508. The van der Waals surface area contributed by atoms with Crippen molar-refractivity contribution >= 4 is 35.0 Å². The average molecular weight is 338 g/mol. The monoisotopic (exact) mass is 337 g/mol. The van der Waals surface area contributed by atoms with Crippen LogP contribution in [0.1, 0.15) is 5.56 Å². The molecule has 2 heterocycles. The van der Waals surface area contributed by atoms with Gasteiger partial charge in [0.05, 0.1) is 0 Å². The van der Waals surface area contributed by atoms with Crippen molar-refractivity contribution in [2.45, 2.75) is 11.0 Å². The standard InChI is InChI=1S/C14H9Cl2N3OS/c15-11-4-2-10(3-5-11)13-18-19-14(20-13)21-8-9-1-6-12(16)17-7-9/h1-7H,8H2. The van der Waals surface area contributed by atoms with E-state index in [1.54, 1.807) is 24.4 Å². The first kappa shape index (κ1) is 14.4. The van der Waals surface area contributed by atoms with Crippen molar-refractivity contribution in [3.63, 3.8) is 0 Å². The zero-order chi connectivity index (χ0) is 14.7. The Bertz CT molecular complexity index is 729. The minimum atomic E-state index is 0.475. The third-order valence-corrected chi connectivity index (χ3v) is 4.01. The van der Waals surface area contributed by atoms with Crippen LogP contribution in [0.3, 0.4) is 0 Å². The molecular weight excluding hydrogens is 329 g/mol. The molecule has 3 aromatic rings. The van der Waals surface area contributed by atoms with Crippen molar-refractivity contribution in [2.75, 3.05) is 0 Å². The fourth-order valence-electron chi connectivity index (χ4n) is 1.61. The number of benzene rings is 1. The van der Waals surface area contributed by atoms with Crippen LogP contribution >= 0.6 is 35.0 Å². The molecule has 1 aromatic carbocycles. The van der Waals surface area contributed by atoms with Gasteiger partial charge in [0.25, 0.3) is 5.22 Å². The third-order valence-electron chi connectivity index (χ3n) is 2.65. The second-order valence-corrected chi connectivity index (χ2v) is 5.91. The predicted octanol–water partition coefficient (Wildman–Crippen LogP) is 4.73. The lowest BCUT2D eigenvalue weighted by molar-refractivity contribution is 0.466. The second-order valence-electron chi connectivity index (χ2n) is 4.16. The van der Waals surface area contributed by atoms with E-state index in [-0.39, 0.29) is 0 Å². The van der Waals surface area contributed by atoms with E-state index >= 15 is 0 Å². The summed E-state index contributed by atoms with van der Waals surface area (Å²) >= 11 is 13.0. The van der Waals surface area contributed by atoms with Gasteiger partial charge in [0.1, 0.15) is 5.15 Å². The van der Waals surface area contributed by atoms with Crippen LogP contribution in [0.5, 0.6) is 0 Å². The van der Waals surface area contributed by atoms with E-state index in [1.165, 1.54) is 11.8 Å². The molecule has 0 unspecified atom stereocenters. The lowest BCUT2D eigenvalue weighted by Gasteiger charge is -1.97. The molecule has 4 nitrogen and oxygen atoms in total. The fourth-order valence-corrected chi connectivity index (χ4v) is 2.55. The molecule has 0 aliphatic carbocycles. The smallest absolute Gasteiger partial charge is 0.277 e. The summed E-state index contributed by atoms with van der Waals surface area (Å²) in [4.78, 5) is 4.03. The van der Waals surface area contributed by atoms with E-state index < -0.39 is 0 Å². The van der Waals surface area contributed by atoms with Gasteiger partial charge < -0.3 is 4.42 Å². The van der Waals surface area contributed by atoms with Gasteiger partial charge in [-0.25, -0.2) is 4.98 Å². The molecule has 0 saturated carbocycles. The summed E-state index contributed by atoms with van der Waals surface area (Å²) in [6.07, 6.45) is 1.73. The molecule has 0 aliphatic heterocycles. The maximum atomic E-state index is 5.85.